The smallest absolute Gasteiger partial charge is 0.224 e. The van der Waals surface area contributed by atoms with Crippen molar-refractivity contribution < 1.29 is 13.2 Å². The number of carbonyl (C=O) groups is 1. The summed E-state index contributed by atoms with van der Waals surface area (Å²) in [6.45, 7) is 1.90. The van der Waals surface area contributed by atoms with Crippen molar-refractivity contribution in [3.05, 3.63) is 35.9 Å². The molecule has 1 aliphatic rings. The lowest BCUT2D eigenvalue weighted by atomic mass is 10.1. The first-order valence-electron chi connectivity index (χ1n) is 6.04. The summed E-state index contributed by atoms with van der Waals surface area (Å²) in [6, 6.07) is 9.53. The molecular weight excluding hydrogens is 250 g/mol. The van der Waals surface area contributed by atoms with Gasteiger partial charge < -0.3 is 5.32 Å². The maximum Gasteiger partial charge on any atom is 0.224 e. The highest BCUT2D eigenvalue weighted by molar-refractivity contribution is 7.91. The van der Waals surface area contributed by atoms with E-state index in [1.165, 1.54) is 0 Å². The Labute approximate surface area is 107 Å². The van der Waals surface area contributed by atoms with Gasteiger partial charge in [-0.2, -0.15) is 0 Å². The number of carbonyl (C=O) groups excluding carboxylic acids is 1. The number of hydrogen-bond donors (Lipinski definition) is 1. The molecule has 4 nitrogen and oxygen atoms in total. The SMILES string of the molecule is CC(NC(=O)C1CCS(=O)(=O)C1)c1ccccc1. The second-order valence-electron chi connectivity index (χ2n) is 4.74. The standard InChI is InChI=1S/C13H17NO3S/c1-10(11-5-3-2-4-6-11)14-13(15)12-7-8-18(16,17)9-12/h2-6,10,12H,7-9H2,1H3,(H,14,15). The van der Waals surface area contributed by atoms with Crippen LogP contribution in [0.5, 0.6) is 0 Å². The summed E-state index contributed by atoms with van der Waals surface area (Å²) in [7, 11) is -3.00. The summed E-state index contributed by atoms with van der Waals surface area (Å²) < 4.78 is 22.6. The second kappa shape index (κ2) is 5.10. The molecule has 1 fully saturated rings. The number of nitrogens with one attached hydrogen (secondary N) is 1. The number of hydrogen-bond acceptors (Lipinski definition) is 3. The van der Waals surface area contributed by atoms with Crippen LogP contribution in [-0.4, -0.2) is 25.8 Å². The molecule has 1 saturated heterocycles. The van der Waals surface area contributed by atoms with Gasteiger partial charge in [0.2, 0.25) is 5.91 Å². The molecule has 0 bridgehead atoms. The minimum atomic E-state index is -3.00. The van der Waals surface area contributed by atoms with Crippen LogP contribution in [0.1, 0.15) is 24.9 Å². The third kappa shape index (κ3) is 3.10. The van der Waals surface area contributed by atoms with E-state index in [9.17, 15) is 13.2 Å². The van der Waals surface area contributed by atoms with Crippen molar-refractivity contribution in [1.82, 2.24) is 5.32 Å². The minimum absolute atomic E-state index is 0.0135. The van der Waals surface area contributed by atoms with Crippen molar-refractivity contribution in [3.8, 4) is 0 Å². The highest BCUT2D eigenvalue weighted by atomic mass is 32.2. The molecule has 0 aromatic heterocycles. The summed E-state index contributed by atoms with van der Waals surface area (Å²) in [5.74, 6) is -0.431. The van der Waals surface area contributed by atoms with E-state index in [4.69, 9.17) is 0 Å². The number of rotatable bonds is 3. The Kier molecular flexibility index (Phi) is 3.71. The van der Waals surface area contributed by atoms with Gasteiger partial charge in [0.05, 0.1) is 23.5 Å². The minimum Gasteiger partial charge on any atom is -0.349 e. The van der Waals surface area contributed by atoms with Gasteiger partial charge in [0.15, 0.2) is 9.84 Å². The molecule has 1 N–H and O–H groups in total. The maximum atomic E-state index is 11.9. The molecule has 1 aromatic rings. The van der Waals surface area contributed by atoms with Crippen LogP contribution in [0.15, 0.2) is 30.3 Å². The molecule has 98 valence electrons. The van der Waals surface area contributed by atoms with Gasteiger partial charge in [-0.25, -0.2) is 8.42 Å². The Balaban J connectivity index is 1.96. The molecule has 0 radical (unpaired) electrons. The van der Waals surface area contributed by atoms with Gasteiger partial charge in [-0.1, -0.05) is 30.3 Å². The summed E-state index contributed by atoms with van der Waals surface area (Å²) >= 11 is 0. The fourth-order valence-electron chi connectivity index (χ4n) is 2.16. The largest absolute Gasteiger partial charge is 0.349 e. The zero-order valence-corrected chi connectivity index (χ0v) is 11.1. The van der Waals surface area contributed by atoms with E-state index in [1.807, 2.05) is 37.3 Å². The highest BCUT2D eigenvalue weighted by Gasteiger charge is 2.33. The number of benzene rings is 1. The monoisotopic (exact) mass is 267 g/mol. The molecule has 0 spiro atoms. The topological polar surface area (TPSA) is 63.2 Å². The van der Waals surface area contributed by atoms with Gasteiger partial charge in [-0.3, -0.25) is 4.79 Å². The van der Waals surface area contributed by atoms with Crippen LogP contribution < -0.4 is 5.32 Å². The van der Waals surface area contributed by atoms with Gasteiger partial charge in [0.25, 0.3) is 0 Å². The average molecular weight is 267 g/mol. The van der Waals surface area contributed by atoms with Crippen LogP contribution >= 0.6 is 0 Å². The molecule has 5 heteroatoms. The van der Waals surface area contributed by atoms with Crippen LogP contribution in [0.25, 0.3) is 0 Å². The number of amides is 1. The molecule has 1 aliphatic heterocycles. The molecule has 1 amide bonds. The molecule has 2 rings (SSSR count). The highest BCUT2D eigenvalue weighted by Crippen LogP contribution is 2.20. The van der Waals surface area contributed by atoms with Crippen molar-refractivity contribution in [3.63, 3.8) is 0 Å². The zero-order chi connectivity index (χ0) is 13.2. The Morgan fingerprint density at radius 3 is 2.56 bits per heavy atom. The summed E-state index contributed by atoms with van der Waals surface area (Å²) in [5.41, 5.74) is 1.02. The summed E-state index contributed by atoms with van der Waals surface area (Å²) in [6.07, 6.45) is 0.440. The van der Waals surface area contributed by atoms with E-state index in [2.05, 4.69) is 5.32 Å². The zero-order valence-electron chi connectivity index (χ0n) is 10.3. The normalized spacial score (nSPS) is 23.5. The van der Waals surface area contributed by atoms with E-state index in [0.717, 1.165) is 5.56 Å². The Morgan fingerprint density at radius 1 is 1.33 bits per heavy atom. The van der Waals surface area contributed by atoms with E-state index < -0.39 is 9.84 Å². The fraction of sp³-hybridized carbons (Fsp3) is 0.462. The van der Waals surface area contributed by atoms with Crippen LogP contribution in [0.2, 0.25) is 0 Å². The molecule has 2 unspecified atom stereocenters. The van der Waals surface area contributed by atoms with Gasteiger partial charge in [-0.05, 0) is 18.9 Å². The third-order valence-corrected chi connectivity index (χ3v) is 5.03. The lowest BCUT2D eigenvalue weighted by molar-refractivity contribution is -0.124. The second-order valence-corrected chi connectivity index (χ2v) is 6.97. The fourth-order valence-corrected chi connectivity index (χ4v) is 3.90. The van der Waals surface area contributed by atoms with Crippen LogP contribution in [0, 0.1) is 5.92 Å². The van der Waals surface area contributed by atoms with Crippen molar-refractivity contribution in [2.75, 3.05) is 11.5 Å². The van der Waals surface area contributed by atoms with Gasteiger partial charge in [0.1, 0.15) is 0 Å². The van der Waals surface area contributed by atoms with Crippen LogP contribution in [0.4, 0.5) is 0 Å². The molecule has 2 atom stereocenters. The lowest BCUT2D eigenvalue weighted by Crippen LogP contribution is -2.33. The van der Waals surface area contributed by atoms with Crippen molar-refractivity contribution >= 4 is 15.7 Å². The predicted octanol–water partition coefficient (Wildman–Crippen LogP) is 1.30. The molecule has 0 saturated carbocycles. The summed E-state index contributed by atoms with van der Waals surface area (Å²) in [5, 5.41) is 2.87. The molecule has 0 aliphatic carbocycles. The quantitative estimate of drug-likeness (QED) is 0.897. The molecule has 18 heavy (non-hydrogen) atoms. The number of sulfone groups is 1. The van der Waals surface area contributed by atoms with Crippen LogP contribution in [-0.2, 0) is 14.6 Å². The first kappa shape index (κ1) is 13.1. The van der Waals surface area contributed by atoms with E-state index in [-0.39, 0.29) is 29.4 Å². The van der Waals surface area contributed by atoms with Crippen molar-refractivity contribution in [1.29, 1.82) is 0 Å². The van der Waals surface area contributed by atoms with Gasteiger partial charge >= 0.3 is 0 Å². The molecular formula is C13H17NO3S. The van der Waals surface area contributed by atoms with Gasteiger partial charge in [-0.15, -0.1) is 0 Å². The van der Waals surface area contributed by atoms with E-state index in [0.29, 0.717) is 6.42 Å². The van der Waals surface area contributed by atoms with Crippen molar-refractivity contribution in [2.45, 2.75) is 19.4 Å². The molecule has 1 aromatic carbocycles. The Morgan fingerprint density at radius 2 is 2.00 bits per heavy atom. The van der Waals surface area contributed by atoms with Crippen molar-refractivity contribution in [2.24, 2.45) is 5.92 Å². The van der Waals surface area contributed by atoms with Crippen LogP contribution in [0.3, 0.4) is 0 Å². The van der Waals surface area contributed by atoms with E-state index >= 15 is 0 Å². The predicted molar refractivity (Wildman–Crippen MR) is 69.8 cm³/mol. The first-order chi connectivity index (χ1) is 8.48. The first-order valence-corrected chi connectivity index (χ1v) is 7.86. The molecule has 1 heterocycles. The maximum absolute atomic E-state index is 11.9. The average Bonchev–Trinajstić information content (AvgIpc) is 2.71. The summed E-state index contributed by atoms with van der Waals surface area (Å²) in [4.78, 5) is 11.9. The Bertz CT molecular complexity index is 524. The van der Waals surface area contributed by atoms with Gasteiger partial charge in [0, 0.05) is 0 Å². The lowest BCUT2D eigenvalue weighted by Gasteiger charge is -2.16. The third-order valence-electron chi connectivity index (χ3n) is 3.26. The van der Waals surface area contributed by atoms with E-state index in [1.54, 1.807) is 0 Å². The Hall–Kier alpha value is -1.36.